The molecule has 0 bridgehead atoms. The summed E-state index contributed by atoms with van der Waals surface area (Å²) in [5.74, 6) is 0.0466. The van der Waals surface area contributed by atoms with Gasteiger partial charge in [-0.1, -0.05) is 12.1 Å². The second-order valence-electron chi connectivity index (χ2n) is 3.03. The number of hydrogen-bond acceptors (Lipinski definition) is 2. The lowest BCUT2D eigenvalue weighted by molar-refractivity contribution is -0.109. The van der Waals surface area contributed by atoms with E-state index in [0.29, 0.717) is 13.0 Å². The quantitative estimate of drug-likeness (QED) is 0.271. The summed E-state index contributed by atoms with van der Waals surface area (Å²) >= 11 is 0. The predicted molar refractivity (Wildman–Crippen MR) is 59.7 cm³/mol. The molecule has 1 rings (SSSR count). The first-order valence-electron chi connectivity index (χ1n) is 4.58. The van der Waals surface area contributed by atoms with E-state index in [2.05, 4.69) is 10.3 Å². The van der Waals surface area contributed by atoms with Crippen molar-refractivity contribution in [3.8, 4) is 0 Å². The highest BCUT2D eigenvalue weighted by molar-refractivity contribution is 5.78. The molecule has 1 amide bonds. The van der Waals surface area contributed by atoms with Crippen molar-refractivity contribution in [2.24, 2.45) is 16.5 Å². The summed E-state index contributed by atoms with van der Waals surface area (Å²) in [5, 5.41) is 2.60. The molecule has 1 aromatic carbocycles. The number of carbonyl (C=O) groups excluding carboxylic acids is 1. The molecule has 0 saturated carbocycles. The molecule has 0 aliphatic carbocycles. The van der Waals surface area contributed by atoms with Crippen molar-refractivity contribution in [1.29, 1.82) is 0 Å². The van der Waals surface area contributed by atoms with Crippen LogP contribution in [0.4, 0.5) is 5.69 Å². The molecule has 0 aliphatic rings. The monoisotopic (exact) mass is 206 g/mol. The second-order valence-corrected chi connectivity index (χ2v) is 3.03. The molecule has 0 aromatic heterocycles. The molecule has 5 heteroatoms. The highest BCUT2D eigenvalue weighted by Crippen LogP contribution is 2.12. The summed E-state index contributed by atoms with van der Waals surface area (Å²) < 4.78 is 0. The van der Waals surface area contributed by atoms with Crippen molar-refractivity contribution in [2.45, 2.75) is 6.42 Å². The number of aliphatic imine (C=N–C) groups is 1. The Morgan fingerprint density at radius 3 is 2.53 bits per heavy atom. The molecular weight excluding hydrogens is 192 g/mol. The number of rotatable bonds is 5. The fourth-order valence-electron chi connectivity index (χ4n) is 1.16. The van der Waals surface area contributed by atoms with Gasteiger partial charge in [-0.25, -0.2) is 4.99 Å². The van der Waals surface area contributed by atoms with Gasteiger partial charge in [0.2, 0.25) is 6.41 Å². The summed E-state index contributed by atoms with van der Waals surface area (Å²) in [4.78, 5) is 13.9. The first kappa shape index (κ1) is 11.0. The first-order valence-corrected chi connectivity index (χ1v) is 4.58. The number of nitrogens with one attached hydrogen (secondary N) is 1. The molecule has 0 saturated heterocycles. The number of amides is 1. The smallest absolute Gasteiger partial charge is 0.207 e. The van der Waals surface area contributed by atoms with E-state index in [-0.39, 0.29) is 5.96 Å². The van der Waals surface area contributed by atoms with Gasteiger partial charge in [-0.05, 0) is 24.1 Å². The second kappa shape index (κ2) is 5.64. The van der Waals surface area contributed by atoms with Crippen LogP contribution in [-0.2, 0) is 11.2 Å². The largest absolute Gasteiger partial charge is 0.370 e. The molecule has 0 radical (unpaired) electrons. The molecule has 0 unspecified atom stereocenters. The van der Waals surface area contributed by atoms with Crippen molar-refractivity contribution in [2.75, 3.05) is 6.54 Å². The molecule has 0 heterocycles. The molecule has 0 aliphatic heterocycles. The van der Waals surface area contributed by atoms with Crippen LogP contribution in [0, 0.1) is 0 Å². The van der Waals surface area contributed by atoms with E-state index in [9.17, 15) is 4.79 Å². The van der Waals surface area contributed by atoms with E-state index in [1.54, 1.807) is 0 Å². The van der Waals surface area contributed by atoms with Crippen LogP contribution < -0.4 is 16.8 Å². The van der Waals surface area contributed by atoms with Gasteiger partial charge in [-0.2, -0.15) is 0 Å². The van der Waals surface area contributed by atoms with Crippen molar-refractivity contribution in [3.05, 3.63) is 29.8 Å². The summed E-state index contributed by atoms with van der Waals surface area (Å²) in [7, 11) is 0. The third-order valence-corrected chi connectivity index (χ3v) is 1.84. The average molecular weight is 206 g/mol. The zero-order valence-electron chi connectivity index (χ0n) is 8.31. The molecule has 15 heavy (non-hydrogen) atoms. The number of guanidine groups is 1. The van der Waals surface area contributed by atoms with Crippen LogP contribution in [0.5, 0.6) is 0 Å². The van der Waals surface area contributed by atoms with Gasteiger partial charge in [0.25, 0.3) is 0 Å². The van der Waals surface area contributed by atoms with Crippen LogP contribution in [0.3, 0.4) is 0 Å². The van der Waals surface area contributed by atoms with E-state index in [1.165, 1.54) is 0 Å². The highest BCUT2D eigenvalue weighted by atomic mass is 16.1. The number of nitrogens with zero attached hydrogens (tertiary/aromatic N) is 1. The number of nitrogens with two attached hydrogens (primary N) is 2. The van der Waals surface area contributed by atoms with Crippen LogP contribution in [0.25, 0.3) is 0 Å². The standard InChI is InChI=1S/C10H14N4O/c11-10(12)14-9-3-1-8(2-4-9)5-6-13-7-15/h1-4,7H,5-6H2,(H,13,15)(H4,11,12,14). The van der Waals surface area contributed by atoms with E-state index in [0.717, 1.165) is 17.7 Å². The van der Waals surface area contributed by atoms with Gasteiger partial charge in [-0.3, -0.25) is 4.79 Å². The number of carbonyl (C=O) groups is 1. The summed E-state index contributed by atoms with van der Waals surface area (Å²) in [6, 6.07) is 7.51. The predicted octanol–water partition coefficient (Wildman–Crippen LogP) is -0.120. The van der Waals surface area contributed by atoms with Gasteiger partial charge >= 0.3 is 0 Å². The minimum Gasteiger partial charge on any atom is -0.370 e. The minimum absolute atomic E-state index is 0.0466. The van der Waals surface area contributed by atoms with Gasteiger partial charge in [0.15, 0.2) is 5.96 Å². The Labute approximate surface area is 88.2 Å². The Balaban J connectivity index is 2.56. The maximum Gasteiger partial charge on any atom is 0.207 e. The summed E-state index contributed by atoms with van der Waals surface area (Å²) in [6.07, 6.45) is 1.48. The molecule has 5 N–H and O–H groups in total. The summed E-state index contributed by atoms with van der Waals surface area (Å²) in [5.41, 5.74) is 12.3. The maximum absolute atomic E-state index is 10.0. The lowest BCUT2D eigenvalue weighted by Crippen LogP contribution is -2.21. The Bertz CT molecular complexity index is 341. The van der Waals surface area contributed by atoms with Crippen LogP contribution in [0.15, 0.2) is 29.3 Å². The topological polar surface area (TPSA) is 93.5 Å². The van der Waals surface area contributed by atoms with Gasteiger partial charge < -0.3 is 16.8 Å². The highest BCUT2D eigenvalue weighted by Gasteiger charge is 1.93. The van der Waals surface area contributed by atoms with Crippen molar-refractivity contribution in [3.63, 3.8) is 0 Å². The number of hydrogen-bond donors (Lipinski definition) is 3. The first-order chi connectivity index (χ1) is 7.22. The fraction of sp³-hybridized carbons (Fsp3) is 0.200. The fourth-order valence-corrected chi connectivity index (χ4v) is 1.16. The molecule has 5 nitrogen and oxygen atoms in total. The van der Waals surface area contributed by atoms with E-state index in [1.807, 2.05) is 24.3 Å². The van der Waals surface area contributed by atoms with Crippen LogP contribution >= 0.6 is 0 Å². The van der Waals surface area contributed by atoms with Gasteiger partial charge in [0.1, 0.15) is 0 Å². The van der Waals surface area contributed by atoms with Crippen molar-refractivity contribution in [1.82, 2.24) is 5.32 Å². The zero-order valence-corrected chi connectivity index (χ0v) is 8.31. The molecule has 80 valence electrons. The van der Waals surface area contributed by atoms with E-state index in [4.69, 9.17) is 11.5 Å². The van der Waals surface area contributed by atoms with Gasteiger partial charge in [0, 0.05) is 6.54 Å². The molecule has 1 aromatic rings. The normalized spacial score (nSPS) is 9.33. The SMILES string of the molecule is NC(N)=Nc1ccc(CCNC=O)cc1. The average Bonchev–Trinajstić information content (AvgIpc) is 2.20. The maximum atomic E-state index is 10.0. The third kappa shape index (κ3) is 4.12. The Morgan fingerprint density at radius 1 is 1.33 bits per heavy atom. The van der Waals surface area contributed by atoms with Crippen molar-refractivity contribution >= 4 is 18.1 Å². The Kier molecular flexibility index (Phi) is 4.15. The third-order valence-electron chi connectivity index (χ3n) is 1.84. The lowest BCUT2D eigenvalue weighted by atomic mass is 10.1. The van der Waals surface area contributed by atoms with Crippen LogP contribution in [0.1, 0.15) is 5.56 Å². The molecule has 0 atom stereocenters. The Morgan fingerprint density at radius 2 is 2.00 bits per heavy atom. The van der Waals surface area contributed by atoms with Gasteiger partial charge in [-0.15, -0.1) is 0 Å². The van der Waals surface area contributed by atoms with E-state index >= 15 is 0 Å². The number of benzene rings is 1. The molecule has 0 spiro atoms. The van der Waals surface area contributed by atoms with E-state index < -0.39 is 0 Å². The lowest BCUT2D eigenvalue weighted by Gasteiger charge is -2.01. The zero-order chi connectivity index (χ0) is 11.1. The Hall–Kier alpha value is -2.04. The van der Waals surface area contributed by atoms with Crippen molar-refractivity contribution < 1.29 is 4.79 Å². The van der Waals surface area contributed by atoms with Crippen LogP contribution in [0.2, 0.25) is 0 Å². The summed E-state index contributed by atoms with van der Waals surface area (Å²) in [6.45, 7) is 0.630. The van der Waals surface area contributed by atoms with Crippen LogP contribution in [-0.4, -0.2) is 18.9 Å². The molecule has 0 fully saturated rings. The molecular formula is C10H14N4O. The minimum atomic E-state index is 0.0466. The van der Waals surface area contributed by atoms with Gasteiger partial charge in [0.05, 0.1) is 5.69 Å².